The highest BCUT2D eigenvalue weighted by molar-refractivity contribution is 6.10. The Kier molecular flexibility index (Phi) is 7.32. The number of pyridine rings is 2. The van der Waals surface area contributed by atoms with E-state index in [-0.39, 0.29) is 29.7 Å². The lowest BCUT2D eigenvalue weighted by molar-refractivity contribution is 0.101. The van der Waals surface area contributed by atoms with Crippen molar-refractivity contribution in [3.05, 3.63) is 108 Å². The largest absolute Gasteiger partial charge is 0.289 e. The van der Waals surface area contributed by atoms with Crippen LogP contribution in [0.15, 0.2) is 79.3 Å². The number of aromatic amines is 2. The summed E-state index contributed by atoms with van der Waals surface area (Å²) in [7, 11) is 0. The first-order valence-corrected chi connectivity index (χ1v) is 13.9. The lowest BCUT2D eigenvalue weighted by atomic mass is 10.1. The number of anilines is 2. The van der Waals surface area contributed by atoms with Crippen molar-refractivity contribution in [1.82, 2.24) is 60.3 Å². The van der Waals surface area contributed by atoms with Gasteiger partial charge in [0.15, 0.2) is 17.3 Å². The molecule has 16 heteroatoms. The molecule has 0 aliphatic heterocycles. The molecule has 46 heavy (non-hydrogen) atoms. The van der Waals surface area contributed by atoms with Crippen LogP contribution in [0, 0.1) is 6.92 Å². The third kappa shape index (κ3) is 5.98. The van der Waals surface area contributed by atoms with Crippen molar-refractivity contribution >= 4 is 34.6 Å². The molecule has 6 aromatic heterocycles. The summed E-state index contributed by atoms with van der Waals surface area (Å²) in [5.41, 5.74) is 2.93. The minimum atomic E-state index is -0.494. The monoisotopic (exact) mass is 610 g/mol. The Morgan fingerprint density at radius 2 is 1.43 bits per heavy atom. The van der Waals surface area contributed by atoms with Crippen LogP contribution in [0.4, 0.5) is 11.9 Å². The first-order chi connectivity index (χ1) is 22.5. The average molecular weight is 611 g/mol. The molecule has 0 aliphatic rings. The number of aryl methyl sites for hydroxylation is 1. The highest BCUT2D eigenvalue weighted by Gasteiger charge is 2.19. The van der Waals surface area contributed by atoms with E-state index < -0.39 is 11.8 Å². The van der Waals surface area contributed by atoms with Gasteiger partial charge < -0.3 is 0 Å². The fourth-order valence-corrected chi connectivity index (χ4v) is 4.56. The van der Waals surface area contributed by atoms with Crippen LogP contribution in [-0.4, -0.2) is 72.1 Å². The molecular weight excluding hydrogens is 588 g/mol. The van der Waals surface area contributed by atoms with Crippen molar-refractivity contribution in [2.24, 2.45) is 0 Å². The van der Waals surface area contributed by atoms with Gasteiger partial charge in [-0.1, -0.05) is 24.3 Å². The van der Waals surface area contributed by atoms with Gasteiger partial charge in [0.1, 0.15) is 28.7 Å². The number of H-pyrrole nitrogens is 2. The van der Waals surface area contributed by atoms with E-state index in [1.54, 1.807) is 49.6 Å². The number of benzene rings is 1. The summed E-state index contributed by atoms with van der Waals surface area (Å²) < 4.78 is 0. The third-order valence-electron chi connectivity index (χ3n) is 6.62. The van der Waals surface area contributed by atoms with Crippen LogP contribution in [0.3, 0.4) is 0 Å². The van der Waals surface area contributed by atoms with Crippen molar-refractivity contribution in [2.45, 2.75) is 13.3 Å². The summed E-state index contributed by atoms with van der Waals surface area (Å²) in [6.45, 7) is 1.71. The number of hydrogen-bond acceptors (Lipinski definition) is 12. The number of fused-ring (bicyclic) bond motifs is 1. The molecule has 0 fully saturated rings. The molecular formula is C30H22N14O2. The quantitative estimate of drug-likeness (QED) is 0.195. The highest BCUT2D eigenvalue weighted by atomic mass is 16.2. The number of carbonyl (C=O) groups is 2. The molecule has 0 unspecified atom stereocenters. The number of nitrogens with zero attached hydrogens (tertiary/aromatic N) is 10. The van der Waals surface area contributed by atoms with Gasteiger partial charge in [0.05, 0.1) is 5.52 Å². The minimum absolute atomic E-state index is 0.0617. The molecule has 7 aromatic rings. The lowest BCUT2D eigenvalue weighted by Gasteiger charge is -2.08. The Morgan fingerprint density at radius 3 is 2.13 bits per heavy atom. The van der Waals surface area contributed by atoms with Gasteiger partial charge >= 0.3 is 0 Å². The molecule has 0 saturated heterocycles. The minimum Gasteiger partial charge on any atom is -0.289 e. The van der Waals surface area contributed by atoms with Gasteiger partial charge in [0, 0.05) is 30.4 Å². The SMILES string of the molecule is Cc1nc(NC(=O)c2n[nH]c3cc(Cc4nc(NC(=O)c5ccn[nH]5)nc(-c5ccccn5)n4)ccc23)nc(-c2ccccn2)n1. The molecule has 0 atom stereocenters. The van der Waals surface area contributed by atoms with E-state index in [1.807, 2.05) is 24.3 Å². The Bertz CT molecular complexity index is 2190. The first kappa shape index (κ1) is 28.0. The maximum atomic E-state index is 13.2. The van der Waals surface area contributed by atoms with Gasteiger partial charge in [-0.05, 0) is 48.9 Å². The van der Waals surface area contributed by atoms with E-state index in [9.17, 15) is 9.59 Å². The molecule has 2 amide bonds. The van der Waals surface area contributed by atoms with Crippen LogP contribution in [-0.2, 0) is 6.42 Å². The summed E-state index contributed by atoms with van der Waals surface area (Å²) in [5, 5.41) is 19.6. The molecule has 224 valence electrons. The van der Waals surface area contributed by atoms with Crippen LogP contribution in [0.2, 0.25) is 0 Å². The number of nitrogens with one attached hydrogen (secondary N) is 4. The number of amides is 2. The normalized spacial score (nSPS) is 11.0. The number of rotatable bonds is 8. The van der Waals surface area contributed by atoms with E-state index in [1.165, 1.54) is 12.3 Å². The molecule has 16 nitrogen and oxygen atoms in total. The summed E-state index contributed by atoms with van der Waals surface area (Å²) in [4.78, 5) is 60.9. The predicted octanol–water partition coefficient (Wildman–Crippen LogP) is 3.18. The average Bonchev–Trinajstić information content (AvgIpc) is 3.76. The zero-order valence-corrected chi connectivity index (χ0v) is 24.0. The van der Waals surface area contributed by atoms with Gasteiger partial charge in [-0.2, -0.15) is 30.1 Å². The van der Waals surface area contributed by atoms with Crippen LogP contribution >= 0.6 is 0 Å². The summed E-state index contributed by atoms with van der Waals surface area (Å²) in [6.07, 6.45) is 5.02. The summed E-state index contributed by atoms with van der Waals surface area (Å²) in [5.74, 6) is 0.655. The van der Waals surface area contributed by atoms with E-state index >= 15 is 0 Å². The zero-order valence-electron chi connectivity index (χ0n) is 24.0. The topological polar surface area (TPSA) is 219 Å². The smallest absolute Gasteiger partial charge is 0.279 e. The second-order valence-corrected chi connectivity index (χ2v) is 9.87. The van der Waals surface area contributed by atoms with Crippen molar-refractivity contribution in [3.63, 3.8) is 0 Å². The van der Waals surface area contributed by atoms with E-state index in [2.05, 4.69) is 70.9 Å². The molecule has 4 N–H and O–H groups in total. The lowest BCUT2D eigenvalue weighted by Crippen LogP contribution is -2.16. The molecule has 0 radical (unpaired) electrons. The van der Waals surface area contributed by atoms with Crippen molar-refractivity contribution in [1.29, 1.82) is 0 Å². The molecule has 0 saturated carbocycles. The maximum Gasteiger partial charge on any atom is 0.279 e. The van der Waals surface area contributed by atoms with Gasteiger partial charge in [0.2, 0.25) is 11.9 Å². The van der Waals surface area contributed by atoms with Crippen LogP contribution in [0.1, 0.15) is 38.2 Å². The Balaban J connectivity index is 1.13. The Labute approximate surface area is 259 Å². The number of aromatic nitrogens is 12. The van der Waals surface area contributed by atoms with E-state index in [0.29, 0.717) is 45.6 Å². The predicted molar refractivity (Wildman–Crippen MR) is 164 cm³/mol. The van der Waals surface area contributed by atoms with Gasteiger partial charge in [0.25, 0.3) is 11.8 Å². The maximum absolute atomic E-state index is 13.2. The first-order valence-electron chi connectivity index (χ1n) is 13.9. The van der Waals surface area contributed by atoms with Crippen molar-refractivity contribution in [2.75, 3.05) is 10.6 Å². The van der Waals surface area contributed by atoms with Crippen molar-refractivity contribution in [3.8, 4) is 23.0 Å². The molecule has 0 aliphatic carbocycles. The fraction of sp³-hybridized carbons (Fsp3) is 0.0667. The third-order valence-corrected chi connectivity index (χ3v) is 6.62. The Hall–Kier alpha value is -6.84. The van der Waals surface area contributed by atoms with E-state index in [4.69, 9.17) is 0 Å². The highest BCUT2D eigenvalue weighted by Crippen LogP contribution is 2.22. The molecule has 0 spiro atoms. The molecule has 0 bridgehead atoms. The van der Waals surface area contributed by atoms with Gasteiger partial charge in [-0.15, -0.1) is 0 Å². The molecule has 1 aromatic carbocycles. The number of carbonyl (C=O) groups excluding carboxylic acids is 2. The number of hydrogen-bond donors (Lipinski definition) is 4. The second-order valence-electron chi connectivity index (χ2n) is 9.87. The molecule has 7 rings (SSSR count). The van der Waals surface area contributed by atoms with Crippen LogP contribution < -0.4 is 10.6 Å². The second kappa shape index (κ2) is 12.0. The van der Waals surface area contributed by atoms with Crippen LogP contribution in [0.25, 0.3) is 33.9 Å². The standard InChI is InChI=1S/C30H22N14O2/c1-16-34-25(19-6-2-4-11-31-19)38-29(35-16)41-28(46)24-18-9-8-17(14-22(18)43-44-24)15-23-36-26(20-7-3-5-12-32-20)39-30(37-23)40-27(45)21-10-13-33-42-21/h2-14H,15H2,1H3,(H,33,42)(H,43,44)(H,34,35,38,41,46)(H,36,37,39,40,45). The summed E-state index contributed by atoms with van der Waals surface area (Å²) in [6, 6.07) is 17.8. The van der Waals surface area contributed by atoms with Gasteiger partial charge in [-0.3, -0.25) is 40.4 Å². The van der Waals surface area contributed by atoms with Crippen LogP contribution in [0.5, 0.6) is 0 Å². The van der Waals surface area contributed by atoms with E-state index in [0.717, 1.165) is 5.56 Å². The molecule has 6 heterocycles. The van der Waals surface area contributed by atoms with Crippen molar-refractivity contribution < 1.29 is 9.59 Å². The Morgan fingerprint density at radius 1 is 0.717 bits per heavy atom. The summed E-state index contributed by atoms with van der Waals surface area (Å²) >= 11 is 0. The van der Waals surface area contributed by atoms with Gasteiger partial charge in [-0.25, -0.2) is 9.97 Å². The zero-order chi connectivity index (χ0) is 31.5. The fourth-order valence-electron chi connectivity index (χ4n) is 4.56.